The van der Waals surface area contributed by atoms with Crippen molar-refractivity contribution in [1.29, 1.82) is 0 Å². The van der Waals surface area contributed by atoms with Crippen LogP contribution in [0.5, 0.6) is 5.75 Å². The summed E-state index contributed by atoms with van der Waals surface area (Å²) in [7, 11) is 0. The summed E-state index contributed by atoms with van der Waals surface area (Å²) in [6.07, 6.45) is -2.88. The second-order valence-corrected chi connectivity index (χ2v) is 4.57. The molecule has 0 fully saturated rings. The number of benzene rings is 1. The van der Waals surface area contributed by atoms with Crippen LogP contribution in [0.25, 0.3) is 0 Å². The molecular formula is C16H18F3NO2. The van der Waals surface area contributed by atoms with Gasteiger partial charge in [-0.05, 0) is 43.7 Å². The Hall–Kier alpha value is -2.24. The standard InChI is InChI=1S/C16H18F3NO2/c1-4-6-11-20(15(21)5-2)13-7-9-14(10-8-13)22-12(3)16(17,18)19/h4-5,7-10,12H,1-2,6,11H2,3H3/t12-/m0/s1. The number of hydrogen-bond acceptors (Lipinski definition) is 2. The second kappa shape index (κ2) is 7.68. The first-order valence-corrected chi connectivity index (χ1v) is 6.68. The van der Waals surface area contributed by atoms with Gasteiger partial charge in [-0.2, -0.15) is 13.2 Å². The first-order valence-electron chi connectivity index (χ1n) is 6.68. The van der Waals surface area contributed by atoms with E-state index in [9.17, 15) is 18.0 Å². The fraction of sp³-hybridized carbons (Fsp3) is 0.312. The normalized spacial score (nSPS) is 12.4. The highest BCUT2D eigenvalue weighted by Gasteiger charge is 2.38. The maximum absolute atomic E-state index is 12.4. The quantitative estimate of drug-likeness (QED) is 0.560. The summed E-state index contributed by atoms with van der Waals surface area (Å²) in [6, 6.07) is 5.86. The van der Waals surface area contributed by atoms with E-state index in [0.29, 0.717) is 18.7 Å². The van der Waals surface area contributed by atoms with Crippen molar-refractivity contribution in [2.75, 3.05) is 11.4 Å². The Bertz CT molecular complexity index is 523. The zero-order chi connectivity index (χ0) is 16.8. The monoisotopic (exact) mass is 313 g/mol. The topological polar surface area (TPSA) is 29.5 Å². The molecule has 0 saturated carbocycles. The summed E-state index contributed by atoms with van der Waals surface area (Å²) in [6.45, 7) is 8.37. The van der Waals surface area contributed by atoms with Gasteiger partial charge in [-0.25, -0.2) is 0 Å². The van der Waals surface area contributed by atoms with Crippen LogP contribution < -0.4 is 9.64 Å². The van der Waals surface area contributed by atoms with Gasteiger partial charge in [0, 0.05) is 12.2 Å². The summed E-state index contributed by atoms with van der Waals surface area (Å²) < 4.78 is 42.1. The Morgan fingerprint density at radius 2 is 1.91 bits per heavy atom. The molecule has 3 nitrogen and oxygen atoms in total. The van der Waals surface area contributed by atoms with Crippen LogP contribution in [-0.2, 0) is 4.79 Å². The minimum absolute atomic E-state index is 0.0864. The zero-order valence-corrected chi connectivity index (χ0v) is 12.3. The largest absolute Gasteiger partial charge is 0.481 e. The smallest absolute Gasteiger partial charge is 0.425 e. The Labute approximate surface area is 127 Å². The first-order chi connectivity index (χ1) is 10.3. The van der Waals surface area contributed by atoms with Crippen molar-refractivity contribution in [1.82, 2.24) is 0 Å². The number of ether oxygens (including phenoxy) is 1. The number of rotatable bonds is 7. The van der Waals surface area contributed by atoms with Gasteiger partial charge in [0.25, 0.3) is 0 Å². The third-order valence-electron chi connectivity index (χ3n) is 2.92. The second-order valence-electron chi connectivity index (χ2n) is 4.57. The minimum atomic E-state index is -4.42. The van der Waals surface area contributed by atoms with Gasteiger partial charge in [-0.1, -0.05) is 12.7 Å². The lowest BCUT2D eigenvalue weighted by atomic mass is 10.2. The van der Waals surface area contributed by atoms with Gasteiger partial charge in [0.1, 0.15) is 5.75 Å². The molecule has 6 heteroatoms. The number of hydrogen-bond donors (Lipinski definition) is 0. The lowest BCUT2D eigenvalue weighted by molar-refractivity contribution is -0.189. The van der Waals surface area contributed by atoms with Crippen LogP contribution >= 0.6 is 0 Å². The number of nitrogens with zero attached hydrogens (tertiary/aromatic N) is 1. The summed E-state index contributed by atoms with van der Waals surface area (Å²) in [5, 5.41) is 0. The fourth-order valence-electron chi connectivity index (χ4n) is 1.67. The molecule has 1 amide bonds. The number of carbonyl (C=O) groups excluding carboxylic acids is 1. The van der Waals surface area contributed by atoms with E-state index in [0.717, 1.165) is 6.92 Å². The summed E-state index contributed by atoms with van der Waals surface area (Å²) >= 11 is 0. The molecule has 1 rings (SSSR count). The first kappa shape index (κ1) is 17.8. The van der Waals surface area contributed by atoms with E-state index in [1.807, 2.05) is 0 Å². The van der Waals surface area contributed by atoms with Crippen LogP contribution in [0.15, 0.2) is 49.6 Å². The van der Waals surface area contributed by atoms with Gasteiger partial charge in [0.05, 0.1) is 0 Å². The lowest BCUT2D eigenvalue weighted by Gasteiger charge is -2.22. The van der Waals surface area contributed by atoms with E-state index in [2.05, 4.69) is 13.2 Å². The molecule has 0 aliphatic heterocycles. The van der Waals surface area contributed by atoms with Crippen molar-refractivity contribution in [2.24, 2.45) is 0 Å². The molecule has 0 unspecified atom stereocenters. The predicted octanol–water partition coefficient (Wildman–Crippen LogP) is 4.11. The summed E-state index contributed by atoms with van der Waals surface area (Å²) in [4.78, 5) is 13.3. The SMILES string of the molecule is C=CCCN(C(=O)C=C)c1ccc(O[C@@H](C)C(F)(F)F)cc1. The molecule has 120 valence electrons. The Morgan fingerprint density at radius 1 is 1.32 bits per heavy atom. The van der Waals surface area contributed by atoms with Crippen molar-refractivity contribution in [3.63, 3.8) is 0 Å². The van der Waals surface area contributed by atoms with Crippen molar-refractivity contribution in [2.45, 2.75) is 25.6 Å². The van der Waals surface area contributed by atoms with Gasteiger partial charge in [0.15, 0.2) is 6.10 Å². The van der Waals surface area contributed by atoms with E-state index >= 15 is 0 Å². The van der Waals surface area contributed by atoms with E-state index in [1.165, 1.54) is 35.2 Å². The highest BCUT2D eigenvalue weighted by Crippen LogP contribution is 2.26. The van der Waals surface area contributed by atoms with Gasteiger partial charge in [0.2, 0.25) is 5.91 Å². The molecule has 1 atom stereocenters. The van der Waals surface area contributed by atoms with Crippen LogP contribution in [0.2, 0.25) is 0 Å². The van der Waals surface area contributed by atoms with Crippen molar-refractivity contribution in [3.8, 4) is 5.75 Å². The number of anilines is 1. The van der Waals surface area contributed by atoms with Crippen molar-refractivity contribution < 1.29 is 22.7 Å². The number of amides is 1. The van der Waals surface area contributed by atoms with Crippen LogP contribution in [-0.4, -0.2) is 24.7 Å². The van der Waals surface area contributed by atoms with E-state index in [1.54, 1.807) is 6.08 Å². The maximum Gasteiger partial charge on any atom is 0.425 e. The van der Waals surface area contributed by atoms with Gasteiger partial charge >= 0.3 is 6.18 Å². The number of alkyl halides is 3. The average Bonchev–Trinajstić information content (AvgIpc) is 2.47. The average molecular weight is 313 g/mol. The lowest BCUT2D eigenvalue weighted by Crippen LogP contribution is -2.31. The molecule has 0 saturated heterocycles. The third kappa shape index (κ3) is 4.95. The van der Waals surface area contributed by atoms with Gasteiger partial charge < -0.3 is 9.64 Å². The van der Waals surface area contributed by atoms with Crippen LogP contribution in [0, 0.1) is 0 Å². The molecule has 0 aliphatic rings. The van der Waals surface area contributed by atoms with E-state index < -0.39 is 12.3 Å². The van der Waals surface area contributed by atoms with Crippen LogP contribution in [0.4, 0.5) is 18.9 Å². The van der Waals surface area contributed by atoms with E-state index in [4.69, 9.17) is 4.74 Å². The Kier molecular flexibility index (Phi) is 6.22. The molecule has 1 aromatic carbocycles. The van der Waals surface area contributed by atoms with Gasteiger partial charge in [-0.3, -0.25) is 4.79 Å². The molecule has 0 radical (unpaired) electrons. The highest BCUT2D eigenvalue weighted by molar-refractivity contribution is 6.01. The molecule has 0 N–H and O–H groups in total. The Balaban J connectivity index is 2.86. The third-order valence-corrected chi connectivity index (χ3v) is 2.92. The van der Waals surface area contributed by atoms with E-state index in [-0.39, 0.29) is 11.7 Å². The van der Waals surface area contributed by atoms with Crippen LogP contribution in [0.3, 0.4) is 0 Å². The van der Waals surface area contributed by atoms with Crippen LogP contribution in [0.1, 0.15) is 13.3 Å². The fourth-order valence-corrected chi connectivity index (χ4v) is 1.67. The minimum Gasteiger partial charge on any atom is -0.481 e. The number of halogens is 3. The van der Waals surface area contributed by atoms with Crippen molar-refractivity contribution >= 4 is 11.6 Å². The molecule has 0 heterocycles. The maximum atomic E-state index is 12.4. The molecule has 22 heavy (non-hydrogen) atoms. The molecule has 0 bridgehead atoms. The molecular weight excluding hydrogens is 295 g/mol. The Morgan fingerprint density at radius 3 is 2.36 bits per heavy atom. The summed E-state index contributed by atoms with van der Waals surface area (Å²) in [5.41, 5.74) is 0.554. The molecule has 0 aromatic heterocycles. The molecule has 1 aromatic rings. The highest BCUT2D eigenvalue weighted by atomic mass is 19.4. The molecule has 0 spiro atoms. The van der Waals surface area contributed by atoms with Gasteiger partial charge in [-0.15, -0.1) is 6.58 Å². The summed E-state index contributed by atoms with van der Waals surface area (Å²) in [5.74, 6) is -0.206. The number of carbonyl (C=O) groups is 1. The molecule has 0 aliphatic carbocycles. The predicted molar refractivity (Wildman–Crippen MR) is 80.0 cm³/mol. The zero-order valence-electron chi connectivity index (χ0n) is 12.3. The van der Waals surface area contributed by atoms with Crippen molar-refractivity contribution in [3.05, 3.63) is 49.6 Å².